The highest BCUT2D eigenvalue weighted by Crippen LogP contribution is 2.63. The first-order chi connectivity index (χ1) is 18.3. The van der Waals surface area contributed by atoms with E-state index in [0.29, 0.717) is 17.6 Å². The van der Waals surface area contributed by atoms with Crippen molar-refractivity contribution < 1.29 is 61.0 Å². The van der Waals surface area contributed by atoms with Crippen LogP contribution in [0.25, 0.3) is 11.2 Å². The van der Waals surface area contributed by atoms with Gasteiger partial charge in [0.2, 0.25) is 0 Å². The molecular formula is C19H37N6O13P3-2. The van der Waals surface area contributed by atoms with Crippen LogP contribution in [0.3, 0.4) is 0 Å². The third-order valence-corrected chi connectivity index (χ3v) is 9.68. The van der Waals surface area contributed by atoms with Crippen LogP contribution in [0.2, 0.25) is 0 Å². The van der Waals surface area contributed by atoms with E-state index < -0.39 is 54.6 Å². The van der Waals surface area contributed by atoms with Gasteiger partial charge in [0.15, 0.2) is 11.9 Å². The molecule has 41 heavy (non-hydrogen) atoms. The standard InChI is InChI=1S/C18H32N5O13P3.CH4.H3N/c1-12-14-17(21-10-20-12)23(11-22-14)18-16(25)15(24)13(34-18)9-33-38(28,29)36-39(30,31)35-37(26,27)32-8-6-4-3-5-7-19-2;;/h10-11,13,15-16,18-19,24-25H,3-9H2,1-2H3,(H,26,27)(H,28,29)(H,30,31);1H4;1H3/p-2/t13-,15?,16+,18-;;/m1../s1. The molecule has 0 bridgehead atoms. The summed E-state index contributed by atoms with van der Waals surface area (Å²) in [6, 6.07) is 0. The molecule has 0 radical (unpaired) electrons. The lowest BCUT2D eigenvalue weighted by Crippen LogP contribution is -2.34. The highest BCUT2D eigenvalue weighted by molar-refractivity contribution is 7.65. The quantitative estimate of drug-likeness (QED) is 0.137. The average molecular weight is 650 g/mol. The van der Waals surface area contributed by atoms with E-state index in [2.05, 4.69) is 37.9 Å². The van der Waals surface area contributed by atoms with E-state index in [1.807, 2.05) is 0 Å². The number of imidazole rings is 1. The number of fused-ring (bicyclic) bond motifs is 1. The molecule has 4 unspecified atom stereocenters. The van der Waals surface area contributed by atoms with Gasteiger partial charge in [0.1, 0.15) is 30.2 Å². The molecule has 1 saturated heterocycles. The van der Waals surface area contributed by atoms with Crippen molar-refractivity contribution in [2.75, 3.05) is 26.8 Å². The van der Waals surface area contributed by atoms with Crippen LogP contribution in [0.1, 0.15) is 45.0 Å². The van der Waals surface area contributed by atoms with Crippen molar-refractivity contribution in [3.63, 3.8) is 0 Å². The first-order valence-electron chi connectivity index (χ1n) is 11.7. The predicted molar refractivity (Wildman–Crippen MR) is 138 cm³/mol. The number of aryl methyl sites for hydroxylation is 1. The average Bonchev–Trinajstić information content (AvgIpc) is 3.37. The molecule has 22 heteroatoms. The third kappa shape index (κ3) is 10.8. The zero-order chi connectivity index (χ0) is 28.8. The Morgan fingerprint density at radius 2 is 1.61 bits per heavy atom. The summed E-state index contributed by atoms with van der Waals surface area (Å²) in [6.45, 7) is 1.07. The minimum Gasteiger partial charge on any atom is -0.756 e. The molecule has 1 aliphatic rings. The molecule has 7 N–H and O–H groups in total. The first kappa shape index (κ1) is 37.8. The maximum Gasteiger partial charge on any atom is 0.280 e. The Hall–Kier alpha value is -1.24. The maximum absolute atomic E-state index is 12.0. The van der Waals surface area contributed by atoms with Gasteiger partial charge in [-0.05, 0) is 33.4 Å². The van der Waals surface area contributed by atoms with Crippen molar-refractivity contribution in [1.29, 1.82) is 0 Å². The fraction of sp³-hybridized carbons (Fsp3) is 0.737. The maximum atomic E-state index is 12.0. The number of aliphatic hydroxyl groups is 2. The number of hydrogen-bond donors (Lipinski definition) is 4. The van der Waals surface area contributed by atoms with Gasteiger partial charge in [0, 0.05) is 0 Å². The summed E-state index contributed by atoms with van der Waals surface area (Å²) in [5.41, 5.74) is 1.20. The molecule has 0 spiro atoms. The van der Waals surface area contributed by atoms with Crippen molar-refractivity contribution >= 4 is 34.6 Å². The summed E-state index contributed by atoms with van der Waals surface area (Å²) >= 11 is 0. The topological polar surface area (TPSA) is 299 Å². The lowest BCUT2D eigenvalue weighted by molar-refractivity contribution is -0.251. The molecule has 1 fully saturated rings. The molecule has 3 heterocycles. The summed E-state index contributed by atoms with van der Waals surface area (Å²) in [6.07, 6.45) is -0.975. The molecule has 3 rings (SSSR count). The number of phosphoric acid groups is 3. The molecule has 0 amide bonds. The largest absolute Gasteiger partial charge is 0.756 e. The van der Waals surface area contributed by atoms with Crippen LogP contribution in [0, 0.1) is 6.92 Å². The second kappa shape index (κ2) is 16.0. The summed E-state index contributed by atoms with van der Waals surface area (Å²) in [7, 11) is -15.5. The fourth-order valence-corrected chi connectivity index (χ4v) is 7.06. The van der Waals surface area contributed by atoms with Crippen molar-refractivity contribution in [2.24, 2.45) is 0 Å². The van der Waals surface area contributed by atoms with E-state index >= 15 is 0 Å². The minimum absolute atomic E-state index is 0. The summed E-state index contributed by atoms with van der Waals surface area (Å²) < 4.78 is 58.9. The molecular weight excluding hydrogens is 613 g/mol. The van der Waals surface area contributed by atoms with Gasteiger partial charge in [-0.15, -0.1) is 0 Å². The van der Waals surface area contributed by atoms with Crippen LogP contribution in [0.15, 0.2) is 12.7 Å². The van der Waals surface area contributed by atoms with E-state index in [9.17, 15) is 38.6 Å². The number of quaternary nitrogens is 1. The minimum atomic E-state index is -6.02. The highest BCUT2D eigenvalue weighted by atomic mass is 31.3. The molecule has 0 saturated carbocycles. The highest BCUT2D eigenvalue weighted by Gasteiger charge is 2.45. The Balaban J connectivity index is 0.00000420. The Morgan fingerprint density at radius 1 is 0.976 bits per heavy atom. The van der Waals surface area contributed by atoms with Crippen LogP contribution in [0.4, 0.5) is 0 Å². The SMILES string of the molecule is C.CNCCCCCCOP(=O)([O-])OP(=O)([O-])OP(=O)([O-])OC[C@H]1O[C@@H](n2cnc3c(C)ncnc32)[C@@H](O)C1O.[NH4+]. The normalized spacial score (nSPS) is 25.0. The number of nitrogens with one attached hydrogen (secondary N) is 1. The van der Waals surface area contributed by atoms with E-state index in [1.54, 1.807) is 14.0 Å². The van der Waals surface area contributed by atoms with Gasteiger partial charge in [0.25, 0.3) is 23.5 Å². The van der Waals surface area contributed by atoms with Gasteiger partial charge in [-0.3, -0.25) is 18.3 Å². The Labute approximate surface area is 236 Å². The van der Waals surface area contributed by atoms with Crippen LogP contribution in [-0.2, 0) is 36.1 Å². The molecule has 0 aliphatic carbocycles. The number of aromatic nitrogens is 4. The fourth-order valence-electron chi connectivity index (χ4n) is 3.66. The molecule has 2 aromatic rings. The van der Waals surface area contributed by atoms with E-state index in [1.165, 1.54) is 17.2 Å². The van der Waals surface area contributed by atoms with Gasteiger partial charge in [-0.1, -0.05) is 20.3 Å². The predicted octanol–water partition coefficient (Wildman–Crippen LogP) is 0.0176. The number of rotatable bonds is 16. The second-order valence-corrected chi connectivity index (χ2v) is 13.0. The van der Waals surface area contributed by atoms with Gasteiger partial charge < -0.3 is 50.1 Å². The van der Waals surface area contributed by atoms with Crippen molar-refractivity contribution in [3.05, 3.63) is 18.3 Å². The van der Waals surface area contributed by atoms with Gasteiger partial charge in [-0.25, -0.2) is 23.6 Å². The molecule has 2 aromatic heterocycles. The first-order valence-corrected chi connectivity index (χ1v) is 16.1. The Bertz CT molecular complexity index is 1250. The Morgan fingerprint density at radius 3 is 2.27 bits per heavy atom. The number of aliphatic hydroxyl groups excluding tert-OH is 2. The molecule has 1 aliphatic heterocycles. The van der Waals surface area contributed by atoms with E-state index in [0.717, 1.165) is 19.4 Å². The van der Waals surface area contributed by atoms with Crippen LogP contribution >= 0.6 is 23.5 Å². The number of phosphoric ester groups is 2. The van der Waals surface area contributed by atoms with Crippen LogP contribution in [0.5, 0.6) is 0 Å². The van der Waals surface area contributed by atoms with Gasteiger partial charge >= 0.3 is 0 Å². The third-order valence-electron chi connectivity index (χ3n) is 5.52. The summed E-state index contributed by atoms with van der Waals surface area (Å²) in [5, 5.41) is 23.7. The van der Waals surface area contributed by atoms with Crippen LogP contribution < -0.4 is 26.1 Å². The Kier molecular flexibility index (Phi) is 14.8. The zero-order valence-electron chi connectivity index (χ0n) is 21.9. The molecule has 238 valence electrons. The van der Waals surface area contributed by atoms with Crippen molar-refractivity contribution in [2.45, 2.75) is 64.6 Å². The number of ether oxygens (including phenoxy) is 1. The van der Waals surface area contributed by atoms with Crippen LogP contribution in [-0.4, -0.2) is 74.9 Å². The number of nitrogens with zero attached hydrogens (tertiary/aromatic N) is 4. The van der Waals surface area contributed by atoms with Crippen molar-refractivity contribution in [1.82, 2.24) is 31.0 Å². The van der Waals surface area contributed by atoms with E-state index in [4.69, 9.17) is 4.74 Å². The lowest BCUT2D eigenvalue weighted by Gasteiger charge is -2.34. The smallest absolute Gasteiger partial charge is 0.280 e. The summed E-state index contributed by atoms with van der Waals surface area (Å²) in [4.78, 5) is 47.8. The second-order valence-electron chi connectivity index (χ2n) is 8.48. The molecule has 7 atom stereocenters. The number of unbranched alkanes of at least 4 members (excludes halogenated alkanes) is 3. The van der Waals surface area contributed by atoms with Gasteiger partial charge in [-0.2, -0.15) is 0 Å². The van der Waals surface area contributed by atoms with Crippen molar-refractivity contribution in [3.8, 4) is 0 Å². The lowest BCUT2D eigenvalue weighted by atomic mass is 10.1. The molecule has 0 aromatic carbocycles. The van der Waals surface area contributed by atoms with E-state index in [-0.39, 0.29) is 32.3 Å². The zero-order valence-corrected chi connectivity index (χ0v) is 24.6. The monoisotopic (exact) mass is 650 g/mol. The van der Waals surface area contributed by atoms with Gasteiger partial charge in [0.05, 0.1) is 25.2 Å². The number of hydrogen-bond acceptors (Lipinski definition) is 17. The molecule has 19 nitrogen and oxygen atoms in total. The summed E-state index contributed by atoms with van der Waals surface area (Å²) in [5.74, 6) is 0.